The Labute approximate surface area is 200 Å². The number of hydrogen-bond acceptors (Lipinski definition) is 4. The lowest BCUT2D eigenvalue weighted by atomic mass is 10.2. The van der Waals surface area contributed by atoms with Crippen LogP contribution in [0.25, 0.3) is 0 Å². The first-order valence-corrected chi connectivity index (χ1v) is 12.0. The molecule has 0 bridgehead atoms. The van der Waals surface area contributed by atoms with Crippen LogP contribution in [0.2, 0.25) is 5.02 Å². The lowest BCUT2D eigenvalue weighted by Crippen LogP contribution is -2.20. The highest BCUT2D eigenvalue weighted by molar-refractivity contribution is 9.10. The molecule has 0 aliphatic carbocycles. The number of anilines is 3. The van der Waals surface area contributed by atoms with Crippen molar-refractivity contribution in [2.45, 2.75) is 11.8 Å². The van der Waals surface area contributed by atoms with Crippen molar-refractivity contribution in [3.8, 4) is 5.75 Å². The number of ether oxygens (including phenoxy) is 1. The largest absolute Gasteiger partial charge is 0.495 e. The van der Waals surface area contributed by atoms with Gasteiger partial charge in [-0.25, -0.2) is 8.42 Å². The summed E-state index contributed by atoms with van der Waals surface area (Å²) in [5.41, 5.74) is 2.65. The van der Waals surface area contributed by atoms with Gasteiger partial charge in [-0.3, -0.25) is 4.72 Å². The fourth-order valence-electron chi connectivity index (χ4n) is 2.63. The normalized spacial score (nSPS) is 11.0. The third-order valence-electron chi connectivity index (χ3n) is 4.26. The maximum absolute atomic E-state index is 12.7. The van der Waals surface area contributed by atoms with Crippen LogP contribution in [0.15, 0.2) is 70.0 Å². The van der Waals surface area contributed by atoms with Crippen LogP contribution in [0, 0.1) is 6.92 Å². The minimum atomic E-state index is -3.80. The Bertz CT molecular complexity index is 1220. The summed E-state index contributed by atoms with van der Waals surface area (Å²) in [5, 5.41) is 6.98. The molecule has 3 rings (SSSR count). The van der Waals surface area contributed by atoms with Crippen LogP contribution in [-0.2, 0) is 10.0 Å². The minimum Gasteiger partial charge on any atom is -0.495 e. The molecule has 0 saturated carbocycles. The van der Waals surface area contributed by atoms with Crippen LogP contribution in [0.3, 0.4) is 0 Å². The Morgan fingerprint density at radius 2 is 1.68 bits per heavy atom. The molecule has 0 aromatic heterocycles. The average molecular weight is 541 g/mol. The molecule has 0 aliphatic rings. The Hall–Kier alpha value is -2.33. The summed E-state index contributed by atoms with van der Waals surface area (Å²) in [6, 6.07) is 16.8. The molecule has 0 amide bonds. The van der Waals surface area contributed by atoms with Crippen molar-refractivity contribution in [2.24, 2.45) is 0 Å². The van der Waals surface area contributed by atoms with Gasteiger partial charge in [0.1, 0.15) is 5.75 Å². The van der Waals surface area contributed by atoms with Crippen LogP contribution in [0.1, 0.15) is 5.56 Å². The summed E-state index contributed by atoms with van der Waals surface area (Å²) in [6.45, 7) is 1.91. The molecule has 3 N–H and O–H groups in total. The Morgan fingerprint density at radius 3 is 2.32 bits per heavy atom. The van der Waals surface area contributed by atoms with E-state index in [2.05, 4.69) is 31.3 Å². The number of benzene rings is 3. The van der Waals surface area contributed by atoms with Crippen LogP contribution in [0.5, 0.6) is 5.75 Å². The van der Waals surface area contributed by atoms with E-state index in [-0.39, 0.29) is 4.90 Å². The number of aryl methyl sites for hydroxylation is 1. The van der Waals surface area contributed by atoms with Crippen molar-refractivity contribution in [1.82, 2.24) is 0 Å². The smallest absolute Gasteiger partial charge is 0.262 e. The van der Waals surface area contributed by atoms with Gasteiger partial charge in [0.2, 0.25) is 0 Å². The topological polar surface area (TPSA) is 79.5 Å². The number of rotatable bonds is 6. The van der Waals surface area contributed by atoms with Crippen molar-refractivity contribution < 1.29 is 13.2 Å². The van der Waals surface area contributed by atoms with Gasteiger partial charge in [0.05, 0.1) is 17.7 Å². The predicted octanol–water partition coefficient (Wildman–Crippen LogP) is 6.03. The average Bonchev–Trinajstić information content (AvgIpc) is 2.72. The summed E-state index contributed by atoms with van der Waals surface area (Å²) in [5.74, 6) is 0.324. The highest BCUT2D eigenvalue weighted by Crippen LogP contribution is 2.29. The highest BCUT2D eigenvalue weighted by Gasteiger charge is 2.17. The van der Waals surface area contributed by atoms with Gasteiger partial charge in [-0.15, -0.1) is 0 Å². The summed E-state index contributed by atoms with van der Waals surface area (Å²) < 4.78 is 34.2. The molecule has 0 atom stereocenters. The number of methoxy groups -OCH3 is 1. The third kappa shape index (κ3) is 6.10. The van der Waals surface area contributed by atoms with Gasteiger partial charge in [-0.2, -0.15) is 0 Å². The first-order valence-electron chi connectivity index (χ1n) is 8.98. The molecule has 0 saturated heterocycles. The zero-order valence-corrected chi connectivity index (χ0v) is 20.5. The lowest BCUT2D eigenvalue weighted by Gasteiger charge is -2.15. The summed E-state index contributed by atoms with van der Waals surface area (Å²) in [4.78, 5) is 0.0574. The zero-order valence-electron chi connectivity index (χ0n) is 16.6. The van der Waals surface area contributed by atoms with Crippen LogP contribution in [0.4, 0.5) is 17.1 Å². The molecule has 162 valence electrons. The molecule has 0 heterocycles. The second kappa shape index (κ2) is 9.86. The SMILES string of the molecule is COc1cc(S(=O)(=O)Nc2ccc(Br)cc2)ccc1NC(=S)Nc1ccc(C)c(Cl)c1. The molecule has 0 spiro atoms. The van der Waals surface area contributed by atoms with Crippen molar-refractivity contribution in [3.63, 3.8) is 0 Å². The van der Waals surface area contributed by atoms with Crippen LogP contribution < -0.4 is 20.1 Å². The molecule has 0 unspecified atom stereocenters. The molecule has 3 aromatic rings. The fraction of sp³-hybridized carbons (Fsp3) is 0.0952. The van der Waals surface area contributed by atoms with Gasteiger partial charge in [-0.05, 0) is 73.2 Å². The van der Waals surface area contributed by atoms with Crippen LogP contribution >= 0.6 is 39.7 Å². The van der Waals surface area contributed by atoms with Gasteiger partial charge in [0, 0.05) is 26.9 Å². The van der Waals surface area contributed by atoms with Crippen molar-refractivity contribution in [3.05, 3.63) is 75.7 Å². The monoisotopic (exact) mass is 539 g/mol. The van der Waals surface area contributed by atoms with E-state index in [9.17, 15) is 8.42 Å². The molecule has 0 radical (unpaired) electrons. The molecule has 0 fully saturated rings. The van der Waals surface area contributed by atoms with Gasteiger partial charge in [0.15, 0.2) is 5.11 Å². The van der Waals surface area contributed by atoms with Gasteiger partial charge < -0.3 is 15.4 Å². The minimum absolute atomic E-state index is 0.0574. The second-order valence-corrected chi connectivity index (χ2v) is 9.93. The number of thiocarbonyl (C=S) groups is 1. The number of halogens is 2. The lowest BCUT2D eigenvalue weighted by molar-refractivity contribution is 0.415. The van der Waals surface area contributed by atoms with E-state index in [0.29, 0.717) is 27.3 Å². The maximum atomic E-state index is 12.7. The first-order chi connectivity index (χ1) is 14.7. The summed E-state index contributed by atoms with van der Waals surface area (Å²) in [7, 11) is -2.34. The molecule has 6 nitrogen and oxygen atoms in total. The number of sulfonamides is 1. The van der Waals surface area contributed by atoms with E-state index < -0.39 is 10.0 Å². The van der Waals surface area contributed by atoms with E-state index in [1.807, 2.05) is 19.1 Å². The number of hydrogen-bond donors (Lipinski definition) is 3. The molecule has 10 heteroatoms. The van der Waals surface area contributed by atoms with Gasteiger partial charge in [-0.1, -0.05) is 33.6 Å². The van der Waals surface area contributed by atoms with E-state index in [4.69, 9.17) is 28.6 Å². The second-order valence-electron chi connectivity index (χ2n) is 6.52. The fourth-order valence-corrected chi connectivity index (χ4v) is 4.38. The quantitative estimate of drug-likeness (QED) is 0.331. The Balaban J connectivity index is 1.76. The Kier molecular flexibility index (Phi) is 7.42. The Morgan fingerprint density at radius 1 is 1.00 bits per heavy atom. The summed E-state index contributed by atoms with van der Waals surface area (Å²) in [6.07, 6.45) is 0. The van der Waals surface area contributed by atoms with Gasteiger partial charge in [0.25, 0.3) is 10.0 Å². The predicted molar refractivity (Wildman–Crippen MR) is 134 cm³/mol. The zero-order chi connectivity index (χ0) is 22.6. The van der Waals surface area contributed by atoms with Crippen molar-refractivity contribution in [1.29, 1.82) is 0 Å². The number of nitrogens with one attached hydrogen (secondary N) is 3. The standard InChI is InChI=1S/C21H19BrClN3O3S2/c1-13-3-6-16(11-18(13)23)24-21(30)25-19-10-9-17(12-20(19)29-2)31(27,28)26-15-7-4-14(22)5-8-15/h3-12,26H,1-2H3,(H2,24,25,30). The maximum Gasteiger partial charge on any atom is 0.262 e. The van der Waals surface area contributed by atoms with E-state index in [1.54, 1.807) is 36.4 Å². The molecule has 31 heavy (non-hydrogen) atoms. The van der Waals surface area contributed by atoms with Gasteiger partial charge >= 0.3 is 0 Å². The van der Waals surface area contributed by atoms with E-state index in [1.165, 1.54) is 19.2 Å². The van der Waals surface area contributed by atoms with E-state index >= 15 is 0 Å². The molecule has 3 aromatic carbocycles. The third-order valence-corrected chi connectivity index (χ3v) is 6.78. The molecular weight excluding hydrogens is 522 g/mol. The van der Waals surface area contributed by atoms with Crippen molar-refractivity contribution in [2.75, 3.05) is 22.5 Å². The highest BCUT2D eigenvalue weighted by atomic mass is 79.9. The van der Waals surface area contributed by atoms with E-state index in [0.717, 1.165) is 15.7 Å². The van der Waals surface area contributed by atoms with Crippen LogP contribution in [-0.4, -0.2) is 20.6 Å². The molecule has 0 aliphatic heterocycles. The first kappa shape index (κ1) is 23.3. The molecular formula is C21H19BrClN3O3S2. The van der Waals surface area contributed by atoms with Crippen molar-refractivity contribution >= 4 is 71.9 Å². The summed E-state index contributed by atoms with van der Waals surface area (Å²) >= 11 is 14.8.